The van der Waals surface area contributed by atoms with Gasteiger partial charge in [0.1, 0.15) is 4.90 Å². The lowest BCUT2D eigenvalue weighted by molar-refractivity contribution is 0.102. The van der Waals surface area contributed by atoms with Crippen LogP contribution in [0.5, 0.6) is 0 Å². The monoisotopic (exact) mass is 294 g/mol. The zero-order valence-electron chi connectivity index (χ0n) is 11.0. The van der Waals surface area contributed by atoms with Crippen LogP contribution in [-0.4, -0.2) is 24.1 Å². The molecule has 1 heterocycles. The largest absolute Gasteiger partial charge is 0.304 e. The lowest BCUT2D eigenvalue weighted by Gasteiger charge is -2.04. The fraction of sp³-hybridized carbons (Fsp3) is 0.167. The Morgan fingerprint density at radius 3 is 2.45 bits per heavy atom. The SMILES string of the molecule is Cc1ccc(C(=O)Nc2nn(C)cc2S(N)(=O)=O)cc1. The van der Waals surface area contributed by atoms with Crippen LogP contribution in [0, 0.1) is 6.92 Å². The van der Waals surface area contributed by atoms with Gasteiger partial charge in [0.15, 0.2) is 5.82 Å². The third-order valence-corrected chi connectivity index (χ3v) is 3.56. The van der Waals surface area contributed by atoms with E-state index < -0.39 is 15.9 Å². The van der Waals surface area contributed by atoms with E-state index in [1.54, 1.807) is 24.3 Å². The number of carbonyl (C=O) groups is 1. The van der Waals surface area contributed by atoms with Crippen LogP contribution >= 0.6 is 0 Å². The lowest BCUT2D eigenvalue weighted by atomic mass is 10.1. The predicted molar refractivity (Wildman–Crippen MR) is 73.7 cm³/mol. The van der Waals surface area contributed by atoms with Crippen LogP contribution in [-0.2, 0) is 17.1 Å². The second-order valence-electron chi connectivity index (χ2n) is 4.38. The van der Waals surface area contributed by atoms with Crippen molar-refractivity contribution < 1.29 is 13.2 Å². The normalized spacial score (nSPS) is 11.3. The Balaban J connectivity index is 2.31. The van der Waals surface area contributed by atoms with Gasteiger partial charge in [-0.2, -0.15) is 5.10 Å². The molecule has 0 bridgehead atoms. The van der Waals surface area contributed by atoms with Crippen LogP contribution in [0.3, 0.4) is 0 Å². The molecule has 0 aliphatic rings. The zero-order chi connectivity index (χ0) is 14.9. The Bertz CT molecular complexity index is 748. The molecule has 1 aromatic carbocycles. The third-order valence-electron chi connectivity index (χ3n) is 2.65. The molecule has 3 N–H and O–H groups in total. The molecule has 0 radical (unpaired) electrons. The van der Waals surface area contributed by atoms with Gasteiger partial charge in [-0.15, -0.1) is 0 Å². The molecule has 1 amide bonds. The average Bonchev–Trinajstić information content (AvgIpc) is 2.71. The Morgan fingerprint density at radius 1 is 1.30 bits per heavy atom. The molecule has 8 heteroatoms. The topological polar surface area (TPSA) is 107 Å². The van der Waals surface area contributed by atoms with Gasteiger partial charge in [0, 0.05) is 18.8 Å². The van der Waals surface area contributed by atoms with E-state index in [0.717, 1.165) is 5.56 Å². The van der Waals surface area contributed by atoms with Crippen LogP contribution in [0.15, 0.2) is 35.4 Å². The molecule has 0 atom stereocenters. The molecule has 1 aromatic heterocycles. The maximum atomic E-state index is 12.0. The Morgan fingerprint density at radius 2 is 1.90 bits per heavy atom. The first-order valence-electron chi connectivity index (χ1n) is 5.72. The molecule has 2 rings (SSSR count). The molecule has 20 heavy (non-hydrogen) atoms. The van der Waals surface area contributed by atoms with Gasteiger partial charge in [0.05, 0.1) is 0 Å². The third kappa shape index (κ3) is 3.03. The van der Waals surface area contributed by atoms with Crippen LogP contribution < -0.4 is 10.5 Å². The van der Waals surface area contributed by atoms with Crippen molar-refractivity contribution in [3.63, 3.8) is 0 Å². The molecule has 0 saturated carbocycles. The van der Waals surface area contributed by atoms with E-state index >= 15 is 0 Å². The number of aromatic nitrogens is 2. The minimum atomic E-state index is -3.95. The summed E-state index contributed by atoms with van der Waals surface area (Å²) in [6.45, 7) is 1.90. The molecule has 0 aliphatic heterocycles. The maximum absolute atomic E-state index is 12.0. The van der Waals surface area contributed by atoms with E-state index in [9.17, 15) is 13.2 Å². The van der Waals surface area contributed by atoms with Crippen LogP contribution in [0.2, 0.25) is 0 Å². The summed E-state index contributed by atoms with van der Waals surface area (Å²) in [6.07, 6.45) is 1.24. The first kappa shape index (κ1) is 14.2. The van der Waals surface area contributed by atoms with Crippen LogP contribution in [0.1, 0.15) is 15.9 Å². The smallest absolute Gasteiger partial charge is 0.256 e. The minimum Gasteiger partial charge on any atom is -0.304 e. The van der Waals surface area contributed by atoms with Crippen LogP contribution in [0.4, 0.5) is 5.82 Å². The van der Waals surface area contributed by atoms with Gasteiger partial charge in [-0.05, 0) is 19.1 Å². The number of nitrogens with two attached hydrogens (primary N) is 1. The summed E-state index contributed by atoms with van der Waals surface area (Å²) in [6, 6.07) is 6.86. The number of hydrogen-bond donors (Lipinski definition) is 2. The highest BCUT2D eigenvalue weighted by Crippen LogP contribution is 2.18. The van der Waals surface area contributed by atoms with E-state index in [4.69, 9.17) is 5.14 Å². The number of benzene rings is 1. The first-order chi connectivity index (χ1) is 9.27. The quantitative estimate of drug-likeness (QED) is 0.865. The number of amides is 1. The summed E-state index contributed by atoms with van der Waals surface area (Å²) in [7, 11) is -2.41. The molecule has 0 fully saturated rings. The van der Waals surface area contributed by atoms with Crippen molar-refractivity contribution in [1.82, 2.24) is 9.78 Å². The number of hydrogen-bond acceptors (Lipinski definition) is 4. The van der Waals surface area contributed by atoms with Gasteiger partial charge in [-0.1, -0.05) is 17.7 Å². The van der Waals surface area contributed by atoms with Crippen molar-refractivity contribution in [2.75, 3.05) is 5.32 Å². The highest BCUT2D eigenvalue weighted by Gasteiger charge is 2.20. The van der Waals surface area contributed by atoms with Crippen LogP contribution in [0.25, 0.3) is 0 Å². The summed E-state index contributed by atoms with van der Waals surface area (Å²) in [5.74, 6) is -0.533. The predicted octanol–water partition coefficient (Wildman–Crippen LogP) is 0.628. The number of nitrogens with zero attached hydrogens (tertiary/aromatic N) is 2. The van der Waals surface area contributed by atoms with Crippen molar-refractivity contribution >= 4 is 21.7 Å². The highest BCUT2D eigenvalue weighted by molar-refractivity contribution is 7.89. The molecule has 2 aromatic rings. The van der Waals surface area contributed by atoms with Crippen molar-refractivity contribution in [3.8, 4) is 0 Å². The van der Waals surface area contributed by atoms with Gasteiger partial charge < -0.3 is 5.32 Å². The van der Waals surface area contributed by atoms with E-state index in [0.29, 0.717) is 5.56 Å². The number of primary sulfonamides is 1. The number of carbonyl (C=O) groups excluding carboxylic acids is 1. The molecular formula is C12H14N4O3S. The van der Waals surface area contributed by atoms with Gasteiger partial charge in [0.2, 0.25) is 10.0 Å². The number of aryl methyl sites for hydroxylation is 2. The Labute approximate surface area is 116 Å². The second kappa shape index (κ2) is 5.06. The summed E-state index contributed by atoms with van der Waals surface area (Å²) >= 11 is 0. The summed E-state index contributed by atoms with van der Waals surface area (Å²) in [5, 5.41) is 11.4. The van der Waals surface area contributed by atoms with Crippen molar-refractivity contribution in [2.45, 2.75) is 11.8 Å². The first-order valence-corrected chi connectivity index (χ1v) is 7.26. The summed E-state index contributed by atoms with van der Waals surface area (Å²) in [5.41, 5.74) is 1.42. The Kier molecular flexibility index (Phi) is 3.60. The van der Waals surface area contributed by atoms with E-state index in [2.05, 4.69) is 10.4 Å². The molecule has 0 aliphatic carbocycles. The zero-order valence-corrected chi connectivity index (χ0v) is 11.8. The van der Waals surface area contributed by atoms with Crippen molar-refractivity contribution in [3.05, 3.63) is 41.6 Å². The fourth-order valence-electron chi connectivity index (χ4n) is 1.65. The Hall–Kier alpha value is -2.19. The molecule has 0 saturated heterocycles. The molecule has 0 unspecified atom stereocenters. The van der Waals surface area contributed by atoms with Gasteiger partial charge in [-0.3, -0.25) is 9.48 Å². The van der Waals surface area contributed by atoms with Gasteiger partial charge in [-0.25, -0.2) is 13.6 Å². The molecule has 0 spiro atoms. The lowest BCUT2D eigenvalue weighted by Crippen LogP contribution is -2.17. The summed E-state index contributed by atoms with van der Waals surface area (Å²) < 4.78 is 24.1. The standard InChI is InChI=1S/C12H14N4O3S/c1-8-3-5-9(6-4-8)12(17)14-11-10(20(13,18)19)7-16(2)15-11/h3-7H,1-2H3,(H2,13,18,19)(H,14,15,17). The molecule has 106 valence electrons. The number of nitrogens with one attached hydrogen (secondary N) is 1. The summed E-state index contributed by atoms with van der Waals surface area (Å²) in [4.78, 5) is 11.8. The number of anilines is 1. The van der Waals surface area contributed by atoms with E-state index in [1.807, 2.05) is 6.92 Å². The number of sulfonamides is 1. The molecular weight excluding hydrogens is 280 g/mol. The molecule has 7 nitrogen and oxygen atoms in total. The highest BCUT2D eigenvalue weighted by atomic mass is 32.2. The van der Waals surface area contributed by atoms with Crippen molar-refractivity contribution in [2.24, 2.45) is 12.2 Å². The maximum Gasteiger partial charge on any atom is 0.256 e. The van der Waals surface area contributed by atoms with Gasteiger partial charge in [0.25, 0.3) is 5.91 Å². The van der Waals surface area contributed by atoms with E-state index in [1.165, 1.54) is 17.9 Å². The number of rotatable bonds is 3. The minimum absolute atomic E-state index is 0.0828. The van der Waals surface area contributed by atoms with E-state index in [-0.39, 0.29) is 10.7 Å². The van der Waals surface area contributed by atoms with Crippen molar-refractivity contribution in [1.29, 1.82) is 0 Å². The second-order valence-corrected chi connectivity index (χ2v) is 5.91. The fourth-order valence-corrected chi connectivity index (χ4v) is 2.31. The van der Waals surface area contributed by atoms with Gasteiger partial charge >= 0.3 is 0 Å². The average molecular weight is 294 g/mol.